The summed E-state index contributed by atoms with van der Waals surface area (Å²) in [4.78, 5) is 18.2. The predicted molar refractivity (Wildman–Crippen MR) is 119 cm³/mol. The molecule has 4 heterocycles. The largest absolute Gasteiger partial charge is 0.351 e. The summed E-state index contributed by atoms with van der Waals surface area (Å²) in [5.41, 5.74) is 4.89. The van der Waals surface area contributed by atoms with E-state index in [4.69, 9.17) is 4.98 Å². The predicted octanol–water partition coefficient (Wildman–Crippen LogP) is 3.96. The van der Waals surface area contributed by atoms with Crippen LogP contribution in [0.3, 0.4) is 0 Å². The Balaban J connectivity index is 1.25. The summed E-state index contributed by atoms with van der Waals surface area (Å²) < 4.78 is 2.20. The number of anilines is 1. The summed E-state index contributed by atoms with van der Waals surface area (Å²) in [6.45, 7) is 0. The molecule has 0 spiro atoms. The number of fused-ring (bicyclic) bond motifs is 1. The summed E-state index contributed by atoms with van der Waals surface area (Å²) in [5, 5.41) is 20.5. The fraction of sp³-hybridized carbons (Fsp3) is 0.391. The van der Waals surface area contributed by atoms with Crippen molar-refractivity contribution < 1.29 is 0 Å². The van der Waals surface area contributed by atoms with Gasteiger partial charge in [0.05, 0.1) is 29.5 Å². The van der Waals surface area contributed by atoms with Crippen molar-refractivity contribution in [3.63, 3.8) is 0 Å². The lowest BCUT2D eigenvalue weighted by Gasteiger charge is -2.30. The number of aromatic nitrogens is 7. The molecule has 9 nitrogen and oxygen atoms in total. The lowest BCUT2D eigenvalue weighted by atomic mass is 9.91. The topological polar surface area (TPSA) is 121 Å². The number of nitrogens with zero attached hydrogens (tertiary/aromatic N) is 7. The second-order valence-electron chi connectivity index (χ2n) is 8.69. The molecule has 0 aromatic carbocycles. The highest BCUT2D eigenvalue weighted by Gasteiger charge is 2.30. The van der Waals surface area contributed by atoms with E-state index in [1.54, 1.807) is 6.20 Å². The van der Waals surface area contributed by atoms with Crippen LogP contribution in [0, 0.1) is 11.3 Å². The Hall–Kier alpha value is -3.80. The van der Waals surface area contributed by atoms with Crippen LogP contribution in [-0.2, 0) is 0 Å². The second-order valence-corrected chi connectivity index (χ2v) is 8.69. The molecule has 4 aromatic heterocycles. The van der Waals surface area contributed by atoms with Crippen LogP contribution in [0.15, 0.2) is 37.1 Å². The fourth-order valence-electron chi connectivity index (χ4n) is 4.76. The number of nitriles is 1. The van der Waals surface area contributed by atoms with E-state index in [2.05, 4.69) is 41.1 Å². The molecular weight excluding hydrogens is 402 g/mol. The van der Waals surface area contributed by atoms with Crippen molar-refractivity contribution in [1.29, 1.82) is 5.26 Å². The standard InChI is InChI=1S/C23H23N9/c24-10-15-11-26-23(30-20(15)18-12-28-31-21(18)14-6-7-14)29-16-3-1-4-17(9-16)32-13-27-19-5-2-8-25-22(19)32/h2,5,8,11-14,16-17H,1,3-4,6-7,9H2,(H,28,31)(H,26,29,30)/t16-,17+/m1/s1. The van der Waals surface area contributed by atoms with Crippen LogP contribution in [0.2, 0.25) is 0 Å². The van der Waals surface area contributed by atoms with Gasteiger partial charge in [-0.25, -0.2) is 19.9 Å². The van der Waals surface area contributed by atoms with E-state index in [9.17, 15) is 5.26 Å². The van der Waals surface area contributed by atoms with E-state index in [0.717, 1.165) is 60.9 Å². The maximum absolute atomic E-state index is 9.61. The highest BCUT2D eigenvalue weighted by molar-refractivity contribution is 5.70. The van der Waals surface area contributed by atoms with Gasteiger partial charge < -0.3 is 9.88 Å². The Kier molecular flexibility index (Phi) is 4.56. The molecular formula is C23H23N9. The summed E-state index contributed by atoms with van der Waals surface area (Å²) in [6, 6.07) is 6.71. The molecule has 0 unspecified atom stereocenters. The minimum Gasteiger partial charge on any atom is -0.351 e. The van der Waals surface area contributed by atoms with E-state index < -0.39 is 0 Å². The van der Waals surface area contributed by atoms with Crippen LogP contribution in [0.1, 0.15) is 61.7 Å². The zero-order valence-corrected chi connectivity index (χ0v) is 17.6. The van der Waals surface area contributed by atoms with Crippen LogP contribution in [0.4, 0.5) is 5.95 Å². The molecule has 9 heteroatoms. The first-order valence-electron chi connectivity index (χ1n) is 11.2. The number of H-pyrrole nitrogens is 1. The smallest absolute Gasteiger partial charge is 0.223 e. The van der Waals surface area contributed by atoms with Gasteiger partial charge in [-0.05, 0) is 50.7 Å². The van der Waals surface area contributed by atoms with Gasteiger partial charge in [0.25, 0.3) is 0 Å². The molecule has 0 amide bonds. The third kappa shape index (κ3) is 3.38. The minimum absolute atomic E-state index is 0.239. The van der Waals surface area contributed by atoms with Gasteiger partial charge in [-0.3, -0.25) is 5.10 Å². The van der Waals surface area contributed by atoms with Gasteiger partial charge in [-0.1, -0.05) is 0 Å². The first-order valence-corrected chi connectivity index (χ1v) is 11.2. The molecule has 4 aromatic rings. The van der Waals surface area contributed by atoms with Gasteiger partial charge in [0.2, 0.25) is 5.95 Å². The van der Waals surface area contributed by atoms with E-state index in [1.165, 1.54) is 0 Å². The maximum Gasteiger partial charge on any atom is 0.223 e. The number of rotatable bonds is 5. The Morgan fingerprint density at radius 1 is 1.16 bits per heavy atom. The number of hydrogen-bond acceptors (Lipinski definition) is 7. The normalized spacial score (nSPS) is 20.8. The molecule has 160 valence electrons. The molecule has 0 saturated heterocycles. The molecule has 2 saturated carbocycles. The Bertz CT molecular complexity index is 1310. The van der Waals surface area contributed by atoms with Crippen molar-refractivity contribution in [3.05, 3.63) is 48.3 Å². The molecule has 6 rings (SSSR count). The van der Waals surface area contributed by atoms with Gasteiger partial charge in [-0.2, -0.15) is 10.4 Å². The number of hydrogen-bond donors (Lipinski definition) is 2. The molecule has 2 aliphatic carbocycles. The Morgan fingerprint density at radius 3 is 2.97 bits per heavy atom. The van der Waals surface area contributed by atoms with E-state index in [1.807, 2.05) is 30.9 Å². The summed E-state index contributed by atoms with van der Waals surface area (Å²) >= 11 is 0. The first kappa shape index (κ1) is 18.9. The molecule has 2 N–H and O–H groups in total. The molecule has 0 bridgehead atoms. The zero-order valence-electron chi connectivity index (χ0n) is 17.6. The van der Waals surface area contributed by atoms with Crippen molar-refractivity contribution >= 4 is 17.1 Å². The van der Waals surface area contributed by atoms with Crippen LogP contribution < -0.4 is 5.32 Å². The average Bonchev–Trinajstić information content (AvgIpc) is 3.39. The second kappa shape index (κ2) is 7.71. The van der Waals surface area contributed by atoms with Gasteiger partial charge >= 0.3 is 0 Å². The molecule has 2 fully saturated rings. The quantitative estimate of drug-likeness (QED) is 0.496. The first-order chi connectivity index (χ1) is 15.8. The molecule has 2 atom stereocenters. The van der Waals surface area contributed by atoms with Gasteiger partial charge in [0.15, 0.2) is 5.65 Å². The van der Waals surface area contributed by atoms with Crippen molar-refractivity contribution in [1.82, 2.24) is 34.7 Å². The fourth-order valence-corrected chi connectivity index (χ4v) is 4.76. The van der Waals surface area contributed by atoms with Crippen LogP contribution in [0.25, 0.3) is 22.4 Å². The van der Waals surface area contributed by atoms with Gasteiger partial charge in [0, 0.05) is 36.0 Å². The van der Waals surface area contributed by atoms with Crippen molar-refractivity contribution in [2.24, 2.45) is 0 Å². The van der Waals surface area contributed by atoms with E-state index >= 15 is 0 Å². The molecule has 32 heavy (non-hydrogen) atoms. The number of aromatic amines is 1. The maximum atomic E-state index is 9.61. The molecule has 0 radical (unpaired) electrons. The van der Waals surface area contributed by atoms with Gasteiger partial charge in [-0.15, -0.1) is 0 Å². The Labute approximate surface area is 185 Å². The molecule has 2 aliphatic rings. The highest BCUT2D eigenvalue weighted by Crippen LogP contribution is 2.43. The Morgan fingerprint density at radius 2 is 2.09 bits per heavy atom. The monoisotopic (exact) mass is 425 g/mol. The summed E-state index contributed by atoms with van der Waals surface area (Å²) in [6.07, 6.45) is 13.6. The van der Waals surface area contributed by atoms with E-state index in [-0.39, 0.29) is 6.04 Å². The zero-order chi connectivity index (χ0) is 21.5. The van der Waals surface area contributed by atoms with Gasteiger partial charge in [0.1, 0.15) is 11.6 Å². The minimum atomic E-state index is 0.239. The summed E-state index contributed by atoms with van der Waals surface area (Å²) in [7, 11) is 0. The van der Waals surface area contributed by atoms with Crippen molar-refractivity contribution in [3.8, 4) is 17.3 Å². The van der Waals surface area contributed by atoms with Crippen LogP contribution in [-0.4, -0.2) is 40.7 Å². The third-order valence-corrected chi connectivity index (χ3v) is 6.50. The number of pyridine rings is 1. The SMILES string of the molecule is N#Cc1cnc(N[C@@H]2CCC[C@H](n3cnc4cccnc43)C2)nc1-c1c[nH]nc1C1CC1. The number of imidazole rings is 1. The van der Waals surface area contributed by atoms with Crippen molar-refractivity contribution in [2.75, 3.05) is 5.32 Å². The lowest BCUT2D eigenvalue weighted by molar-refractivity contribution is 0.335. The van der Waals surface area contributed by atoms with Crippen LogP contribution >= 0.6 is 0 Å². The van der Waals surface area contributed by atoms with E-state index in [0.29, 0.717) is 29.2 Å². The average molecular weight is 426 g/mol. The summed E-state index contributed by atoms with van der Waals surface area (Å²) in [5.74, 6) is 1.02. The number of nitrogens with one attached hydrogen (secondary N) is 2. The third-order valence-electron chi connectivity index (χ3n) is 6.50. The van der Waals surface area contributed by atoms with Crippen LogP contribution in [0.5, 0.6) is 0 Å². The lowest BCUT2D eigenvalue weighted by Crippen LogP contribution is -2.29. The van der Waals surface area contributed by atoms with Crippen molar-refractivity contribution in [2.45, 2.75) is 56.5 Å². The highest BCUT2D eigenvalue weighted by atomic mass is 15.2. The molecule has 0 aliphatic heterocycles.